The van der Waals surface area contributed by atoms with Crippen molar-refractivity contribution >= 4 is 17.4 Å². The quantitative estimate of drug-likeness (QED) is 0.740. The number of pyridine rings is 1. The molecule has 0 radical (unpaired) electrons. The van der Waals surface area contributed by atoms with Gasteiger partial charge in [0, 0.05) is 19.6 Å². The van der Waals surface area contributed by atoms with Gasteiger partial charge in [-0.1, -0.05) is 18.5 Å². The molecule has 1 aliphatic rings. The van der Waals surface area contributed by atoms with Crippen LogP contribution in [0.4, 0.5) is 5.82 Å². The summed E-state index contributed by atoms with van der Waals surface area (Å²) >= 11 is 6.22. The van der Waals surface area contributed by atoms with Crippen LogP contribution in [0.25, 0.3) is 0 Å². The summed E-state index contributed by atoms with van der Waals surface area (Å²) in [6.45, 7) is 8.24. The maximum absolute atomic E-state index is 6.22. The van der Waals surface area contributed by atoms with Crippen molar-refractivity contribution in [3.63, 3.8) is 0 Å². The predicted octanol–water partition coefficient (Wildman–Crippen LogP) is 3.47. The summed E-state index contributed by atoms with van der Waals surface area (Å²) in [5.41, 5.74) is 0.960. The van der Waals surface area contributed by atoms with E-state index in [1.165, 1.54) is 12.8 Å². The fourth-order valence-corrected chi connectivity index (χ4v) is 2.33. The first-order chi connectivity index (χ1) is 9.24. The number of halogens is 1. The van der Waals surface area contributed by atoms with Gasteiger partial charge in [-0.15, -0.1) is 0 Å². The zero-order valence-electron chi connectivity index (χ0n) is 12.0. The van der Waals surface area contributed by atoms with Crippen LogP contribution in [0.2, 0.25) is 5.02 Å². The van der Waals surface area contributed by atoms with Crippen molar-refractivity contribution in [2.24, 2.45) is 5.92 Å². The molecule has 0 atom stereocenters. The second kappa shape index (κ2) is 7.11. The van der Waals surface area contributed by atoms with Crippen LogP contribution in [0.1, 0.15) is 38.8 Å². The normalized spacial score (nSPS) is 14.7. The molecule has 106 valence electrons. The predicted molar refractivity (Wildman–Crippen MR) is 81.9 cm³/mol. The maximum atomic E-state index is 6.22. The van der Waals surface area contributed by atoms with Crippen molar-refractivity contribution in [3.05, 3.63) is 22.8 Å². The third-order valence-electron chi connectivity index (χ3n) is 3.50. The number of hydrogen-bond acceptors (Lipinski definition) is 3. The Morgan fingerprint density at radius 2 is 2.16 bits per heavy atom. The van der Waals surface area contributed by atoms with E-state index in [-0.39, 0.29) is 0 Å². The minimum absolute atomic E-state index is 0.751. The fourth-order valence-electron chi connectivity index (χ4n) is 2.15. The van der Waals surface area contributed by atoms with Crippen LogP contribution in [0.3, 0.4) is 0 Å². The number of anilines is 1. The number of aromatic nitrogens is 1. The Morgan fingerprint density at radius 3 is 2.79 bits per heavy atom. The summed E-state index contributed by atoms with van der Waals surface area (Å²) in [5, 5.41) is 4.12. The van der Waals surface area contributed by atoms with Crippen molar-refractivity contribution in [2.75, 3.05) is 24.5 Å². The highest BCUT2D eigenvalue weighted by Crippen LogP contribution is 2.31. The number of nitrogens with one attached hydrogen (secondary N) is 1. The second-order valence-electron chi connectivity index (χ2n) is 5.26. The largest absolute Gasteiger partial charge is 0.357 e. The minimum atomic E-state index is 0.751. The smallest absolute Gasteiger partial charge is 0.128 e. The molecule has 1 heterocycles. The first-order valence-electron chi connectivity index (χ1n) is 7.35. The van der Waals surface area contributed by atoms with E-state index >= 15 is 0 Å². The van der Waals surface area contributed by atoms with Gasteiger partial charge in [-0.05, 0) is 50.8 Å². The highest BCUT2D eigenvalue weighted by molar-refractivity contribution is 6.31. The molecular formula is C15H24ClN3. The van der Waals surface area contributed by atoms with Gasteiger partial charge in [0.25, 0.3) is 0 Å². The van der Waals surface area contributed by atoms with E-state index in [0.717, 1.165) is 55.1 Å². The van der Waals surface area contributed by atoms with E-state index < -0.39 is 0 Å². The molecule has 1 aromatic rings. The van der Waals surface area contributed by atoms with Gasteiger partial charge in [0.05, 0.1) is 10.7 Å². The Kier molecular flexibility index (Phi) is 5.46. The van der Waals surface area contributed by atoms with E-state index in [2.05, 4.69) is 24.1 Å². The van der Waals surface area contributed by atoms with Crippen molar-refractivity contribution in [1.29, 1.82) is 0 Å². The lowest BCUT2D eigenvalue weighted by molar-refractivity contribution is 0.661. The van der Waals surface area contributed by atoms with Gasteiger partial charge in [0.2, 0.25) is 0 Å². The number of nitrogens with zero attached hydrogens (tertiary/aromatic N) is 2. The second-order valence-corrected chi connectivity index (χ2v) is 5.66. The van der Waals surface area contributed by atoms with Crippen LogP contribution < -0.4 is 10.2 Å². The number of rotatable bonds is 8. The van der Waals surface area contributed by atoms with Crippen LogP contribution >= 0.6 is 11.6 Å². The average molecular weight is 282 g/mol. The van der Waals surface area contributed by atoms with Crippen molar-refractivity contribution < 1.29 is 0 Å². The molecule has 1 fully saturated rings. The van der Waals surface area contributed by atoms with Crippen molar-refractivity contribution in [1.82, 2.24) is 10.3 Å². The molecule has 1 aliphatic carbocycles. The van der Waals surface area contributed by atoms with Gasteiger partial charge in [0.1, 0.15) is 5.82 Å². The molecule has 0 amide bonds. The van der Waals surface area contributed by atoms with Crippen LogP contribution in [0.15, 0.2) is 12.1 Å². The Morgan fingerprint density at radius 1 is 1.37 bits per heavy atom. The summed E-state index contributed by atoms with van der Waals surface area (Å²) in [5.74, 6) is 1.94. The van der Waals surface area contributed by atoms with Gasteiger partial charge in [-0.25, -0.2) is 4.98 Å². The molecule has 1 aromatic heterocycles. The molecular weight excluding hydrogens is 258 g/mol. The topological polar surface area (TPSA) is 28.2 Å². The van der Waals surface area contributed by atoms with Crippen LogP contribution in [0.5, 0.6) is 0 Å². The molecule has 1 N–H and O–H groups in total. The van der Waals surface area contributed by atoms with Crippen molar-refractivity contribution in [2.45, 2.75) is 39.7 Å². The third kappa shape index (κ3) is 4.36. The SMILES string of the molecule is CCCNCc1nc(N(CC)CC2CC2)ccc1Cl. The monoisotopic (exact) mass is 281 g/mol. The standard InChI is InChI=1S/C15H24ClN3/c1-3-9-17-10-14-13(16)7-8-15(18-14)19(4-2)11-12-5-6-12/h7-8,12,17H,3-6,9-11H2,1-2H3. The summed E-state index contributed by atoms with van der Waals surface area (Å²) in [6, 6.07) is 4.01. The average Bonchev–Trinajstić information content (AvgIpc) is 3.22. The molecule has 0 saturated heterocycles. The van der Waals surface area contributed by atoms with Gasteiger partial charge in [-0.3, -0.25) is 0 Å². The molecule has 0 bridgehead atoms. The van der Waals surface area contributed by atoms with Gasteiger partial charge in [0.15, 0.2) is 0 Å². The molecule has 3 nitrogen and oxygen atoms in total. The van der Waals surface area contributed by atoms with E-state index in [4.69, 9.17) is 16.6 Å². The Labute approximate surface area is 121 Å². The Balaban J connectivity index is 2.04. The first kappa shape index (κ1) is 14.6. The molecule has 4 heteroatoms. The molecule has 1 saturated carbocycles. The van der Waals surface area contributed by atoms with Crippen LogP contribution in [-0.2, 0) is 6.54 Å². The number of hydrogen-bond donors (Lipinski definition) is 1. The lowest BCUT2D eigenvalue weighted by atomic mass is 10.3. The lowest BCUT2D eigenvalue weighted by Gasteiger charge is -2.22. The van der Waals surface area contributed by atoms with Crippen LogP contribution in [0, 0.1) is 5.92 Å². The van der Waals surface area contributed by atoms with E-state index in [9.17, 15) is 0 Å². The fraction of sp³-hybridized carbons (Fsp3) is 0.667. The zero-order chi connectivity index (χ0) is 13.7. The molecule has 0 aromatic carbocycles. The minimum Gasteiger partial charge on any atom is -0.357 e. The highest BCUT2D eigenvalue weighted by atomic mass is 35.5. The van der Waals surface area contributed by atoms with Gasteiger partial charge >= 0.3 is 0 Å². The molecule has 0 aliphatic heterocycles. The molecule has 0 spiro atoms. The van der Waals surface area contributed by atoms with Crippen molar-refractivity contribution in [3.8, 4) is 0 Å². The van der Waals surface area contributed by atoms with Crippen LogP contribution in [-0.4, -0.2) is 24.6 Å². The Bertz CT molecular complexity index is 404. The maximum Gasteiger partial charge on any atom is 0.128 e. The van der Waals surface area contributed by atoms with Gasteiger partial charge < -0.3 is 10.2 Å². The zero-order valence-corrected chi connectivity index (χ0v) is 12.7. The van der Waals surface area contributed by atoms with Gasteiger partial charge in [-0.2, -0.15) is 0 Å². The highest BCUT2D eigenvalue weighted by Gasteiger charge is 2.24. The molecule has 19 heavy (non-hydrogen) atoms. The lowest BCUT2D eigenvalue weighted by Crippen LogP contribution is -2.26. The molecule has 0 unspecified atom stereocenters. The van der Waals surface area contributed by atoms with E-state index in [1.807, 2.05) is 12.1 Å². The summed E-state index contributed by atoms with van der Waals surface area (Å²) in [7, 11) is 0. The summed E-state index contributed by atoms with van der Waals surface area (Å²) < 4.78 is 0. The molecule has 2 rings (SSSR count). The Hall–Kier alpha value is -0.800. The first-order valence-corrected chi connectivity index (χ1v) is 7.73. The van der Waals surface area contributed by atoms with E-state index in [1.54, 1.807) is 0 Å². The summed E-state index contributed by atoms with van der Waals surface area (Å²) in [4.78, 5) is 7.09. The third-order valence-corrected chi connectivity index (χ3v) is 3.85. The van der Waals surface area contributed by atoms with E-state index in [0.29, 0.717) is 0 Å². The summed E-state index contributed by atoms with van der Waals surface area (Å²) in [6.07, 6.45) is 3.87.